The lowest BCUT2D eigenvalue weighted by atomic mass is 10.1. The quantitative estimate of drug-likeness (QED) is 0.484. The molecule has 0 aliphatic rings. The molecule has 3 N–H and O–H groups in total. The van der Waals surface area contributed by atoms with E-state index in [4.69, 9.17) is 9.15 Å². The Hall–Kier alpha value is -3.15. The van der Waals surface area contributed by atoms with Crippen LogP contribution in [0.4, 0.5) is 0 Å². The van der Waals surface area contributed by atoms with E-state index in [9.17, 15) is 5.11 Å². The van der Waals surface area contributed by atoms with E-state index < -0.39 is 0 Å². The van der Waals surface area contributed by atoms with E-state index >= 15 is 0 Å². The second-order valence-corrected chi connectivity index (χ2v) is 5.92. The molecule has 0 saturated heterocycles. The molecule has 0 radical (unpaired) electrons. The van der Waals surface area contributed by atoms with Gasteiger partial charge in [-0.25, -0.2) is 0 Å². The van der Waals surface area contributed by atoms with Crippen LogP contribution < -0.4 is 15.4 Å². The standard InChI is InChI=1S/C20H23N3O3/c1-13-16-6-4-5-7-18(16)26-19(13)12-23-20(21-2)22-11-14-10-15(25-3)8-9-17(14)24/h4-10,24H,11-12H2,1-3H3,(H2,21,22,23). The Morgan fingerprint density at radius 2 is 1.92 bits per heavy atom. The Kier molecular flexibility index (Phi) is 5.31. The molecular formula is C20H23N3O3. The van der Waals surface area contributed by atoms with E-state index in [1.54, 1.807) is 32.4 Å². The fourth-order valence-electron chi connectivity index (χ4n) is 2.79. The van der Waals surface area contributed by atoms with E-state index in [1.165, 1.54) is 0 Å². The largest absolute Gasteiger partial charge is 0.508 e. The molecule has 0 atom stereocenters. The number of nitrogens with zero attached hydrogens (tertiary/aromatic N) is 1. The van der Waals surface area contributed by atoms with Gasteiger partial charge in [-0.15, -0.1) is 0 Å². The highest BCUT2D eigenvalue weighted by Crippen LogP contribution is 2.25. The topological polar surface area (TPSA) is 79.0 Å². The minimum absolute atomic E-state index is 0.210. The van der Waals surface area contributed by atoms with Crippen molar-refractivity contribution in [3.05, 3.63) is 59.4 Å². The molecule has 0 unspecified atom stereocenters. The number of ether oxygens (including phenoxy) is 1. The van der Waals surface area contributed by atoms with Gasteiger partial charge in [0.2, 0.25) is 0 Å². The van der Waals surface area contributed by atoms with Crippen LogP contribution in [0.5, 0.6) is 11.5 Å². The first-order chi connectivity index (χ1) is 12.6. The molecule has 0 fully saturated rings. The summed E-state index contributed by atoms with van der Waals surface area (Å²) in [4.78, 5) is 4.21. The zero-order valence-corrected chi connectivity index (χ0v) is 15.2. The van der Waals surface area contributed by atoms with E-state index in [0.29, 0.717) is 24.8 Å². The van der Waals surface area contributed by atoms with E-state index in [-0.39, 0.29) is 5.75 Å². The van der Waals surface area contributed by atoms with Gasteiger partial charge >= 0.3 is 0 Å². The second-order valence-electron chi connectivity index (χ2n) is 5.92. The molecule has 0 aliphatic heterocycles. The molecule has 0 saturated carbocycles. The number of furan rings is 1. The van der Waals surface area contributed by atoms with Gasteiger partial charge in [0.25, 0.3) is 0 Å². The smallest absolute Gasteiger partial charge is 0.191 e. The molecule has 6 nitrogen and oxygen atoms in total. The molecule has 1 heterocycles. The van der Waals surface area contributed by atoms with Gasteiger partial charge in [-0.2, -0.15) is 0 Å². The number of guanidine groups is 1. The van der Waals surface area contributed by atoms with Gasteiger partial charge in [0.1, 0.15) is 22.8 Å². The maximum absolute atomic E-state index is 9.97. The Balaban J connectivity index is 1.64. The third-order valence-electron chi connectivity index (χ3n) is 4.32. The summed E-state index contributed by atoms with van der Waals surface area (Å²) in [6, 6.07) is 13.1. The normalized spacial score (nSPS) is 11.6. The minimum Gasteiger partial charge on any atom is -0.508 e. The van der Waals surface area contributed by atoms with Crippen LogP contribution in [0.3, 0.4) is 0 Å². The summed E-state index contributed by atoms with van der Waals surface area (Å²) in [5.41, 5.74) is 2.73. The van der Waals surface area contributed by atoms with E-state index in [2.05, 4.69) is 21.7 Å². The van der Waals surface area contributed by atoms with E-state index in [1.807, 2.05) is 25.1 Å². The number of phenolic OH excluding ortho intramolecular Hbond substituents is 1. The van der Waals surface area contributed by atoms with Crippen LogP contribution in [-0.4, -0.2) is 25.2 Å². The number of aromatic hydroxyl groups is 1. The van der Waals surface area contributed by atoms with Crippen molar-refractivity contribution in [3.63, 3.8) is 0 Å². The number of rotatable bonds is 5. The third kappa shape index (κ3) is 3.74. The van der Waals surface area contributed by atoms with Crippen LogP contribution in [0, 0.1) is 6.92 Å². The summed E-state index contributed by atoms with van der Waals surface area (Å²) >= 11 is 0. The monoisotopic (exact) mass is 353 g/mol. The minimum atomic E-state index is 0.210. The van der Waals surface area contributed by atoms with Crippen molar-refractivity contribution >= 4 is 16.9 Å². The molecule has 136 valence electrons. The van der Waals surface area contributed by atoms with Crippen molar-refractivity contribution in [1.29, 1.82) is 0 Å². The summed E-state index contributed by atoms with van der Waals surface area (Å²) in [6.45, 7) is 2.99. The number of hydrogen-bond acceptors (Lipinski definition) is 4. The molecule has 2 aromatic carbocycles. The first-order valence-electron chi connectivity index (χ1n) is 8.39. The summed E-state index contributed by atoms with van der Waals surface area (Å²) in [5.74, 6) is 2.40. The highest BCUT2D eigenvalue weighted by molar-refractivity contribution is 5.83. The van der Waals surface area contributed by atoms with Gasteiger partial charge in [-0.05, 0) is 31.2 Å². The number of fused-ring (bicyclic) bond motifs is 1. The number of phenols is 1. The average molecular weight is 353 g/mol. The molecule has 26 heavy (non-hydrogen) atoms. The lowest BCUT2D eigenvalue weighted by molar-refractivity contribution is 0.410. The lowest BCUT2D eigenvalue weighted by Crippen LogP contribution is -2.36. The maximum atomic E-state index is 9.97. The van der Waals surface area contributed by atoms with Crippen LogP contribution in [-0.2, 0) is 13.1 Å². The zero-order chi connectivity index (χ0) is 18.5. The number of benzene rings is 2. The van der Waals surface area contributed by atoms with Crippen LogP contribution in [0.25, 0.3) is 11.0 Å². The van der Waals surface area contributed by atoms with Crippen molar-refractivity contribution in [2.75, 3.05) is 14.2 Å². The Labute approximate surface area is 152 Å². The van der Waals surface area contributed by atoms with Crippen LogP contribution in [0.15, 0.2) is 51.9 Å². The average Bonchev–Trinajstić information content (AvgIpc) is 2.99. The van der Waals surface area contributed by atoms with Crippen molar-refractivity contribution in [1.82, 2.24) is 10.6 Å². The van der Waals surface area contributed by atoms with Gasteiger partial charge in [0, 0.05) is 30.1 Å². The fraction of sp³-hybridized carbons (Fsp3) is 0.250. The number of aryl methyl sites for hydroxylation is 1. The molecule has 0 aliphatic carbocycles. The van der Waals surface area contributed by atoms with Gasteiger partial charge in [-0.1, -0.05) is 18.2 Å². The van der Waals surface area contributed by atoms with Crippen LogP contribution in [0.2, 0.25) is 0 Å². The molecule has 6 heteroatoms. The van der Waals surface area contributed by atoms with Crippen molar-refractivity contribution in [2.45, 2.75) is 20.0 Å². The molecule has 0 spiro atoms. The second kappa shape index (κ2) is 7.82. The first kappa shape index (κ1) is 17.7. The van der Waals surface area contributed by atoms with Crippen molar-refractivity contribution in [2.24, 2.45) is 4.99 Å². The number of aliphatic imine (C=N–C) groups is 1. The fourth-order valence-corrected chi connectivity index (χ4v) is 2.79. The number of para-hydroxylation sites is 1. The summed E-state index contributed by atoms with van der Waals surface area (Å²) < 4.78 is 11.1. The van der Waals surface area contributed by atoms with Crippen molar-refractivity contribution < 1.29 is 14.3 Å². The van der Waals surface area contributed by atoms with Crippen LogP contribution in [0.1, 0.15) is 16.9 Å². The molecule has 1 aromatic heterocycles. The summed E-state index contributed by atoms with van der Waals surface area (Å²) in [6.07, 6.45) is 0. The third-order valence-corrected chi connectivity index (χ3v) is 4.32. The van der Waals surface area contributed by atoms with E-state index in [0.717, 1.165) is 27.9 Å². The number of methoxy groups -OCH3 is 1. The SMILES string of the molecule is CN=C(NCc1cc(OC)ccc1O)NCc1oc2ccccc2c1C. The van der Waals surface area contributed by atoms with Gasteiger partial charge < -0.3 is 24.9 Å². The predicted octanol–water partition coefficient (Wildman–Crippen LogP) is 3.32. The summed E-state index contributed by atoms with van der Waals surface area (Å²) in [5, 5.41) is 17.5. The van der Waals surface area contributed by atoms with Gasteiger partial charge in [0.05, 0.1) is 13.7 Å². The maximum Gasteiger partial charge on any atom is 0.191 e. The highest BCUT2D eigenvalue weighted by Gasteiger charge is 2.11. The lowest BCUT2D eigenvalue weighted by Gasteiger charge is -2.13. The molecule has 0 amide bonds. The zero-order valence-electron chi connectivity index (χ0n) is 15.2. The molecule has 3 rings (SSSR count). The van der Waals surface area contributed by atoms with Crippen LogP contribution >= 0.6 is 0 Å². The molecule has 0 bridgehead atoms. The Bertz CT molecular complexity index is 931. The Morgan fingerprint density at radius 1 is 1.15 bits per heavy atom. The molecular weight excluding hydrogens is 330 g/mol. The first-order valence-corrected chi connectivity index (χ1v) is 8.39. The van der Waals surface area contributed by atoms with Gasteiger partial charge in [-0.3, -0.25) is 4.99 Å². The summed E-state index contributed by atoms with van der Waals surface area (Å²) in [7, 11) is 3.30. The predicted molar refractivity (Wildman–Crippen MR) is 103 cm³/mol. The number of nitrogens with one attached hydrogen (secondary N) is 2. The number of hydrogen-bond donors (Lipinski definition) is 3. The Morgan fingerprint density at radius 3 is 2.65 bits per heavy atom. The van der Waals surface area contributed by atoms with Gasteiger partial charge in [0.15, 0.2) is 5.96 Å². The van der Waals surface area contributed by atoms with Crippen molar-refractivity contribution in [3.8, 4) is 11.5 Å². The highest BCUT2D eigenvalue weighted by atomic mass is 16.5. The molecule has 3 aromatic rings.